The van der Waals surface area contributed by atoms with Crippen LogP contribution in [0.3, 0.4) is 0 Å². The second-order valence-corrected chi connectivity index (χ2v) is 6.53. The smallest absolute Gasteiger partial charge is 0.238 e. The summed E-state index contributed by atoms with van der Waals surface area (Å²) in [5, 5.41) is 0. The zero-order chi connectivity index (χ0) is 13.2. The van der Waals surface area contributed by atoms with Crippen LogP contribution < -0.4 is 4.74 Å². The maximum atomic E-state index is 11.6. The molecule has 0 aliphatic heterocycles. The summed E-state index contributed by atoms with van der Waals surface area (Å²) in [7, 11) is -3.36. The van der Waals surface area contributed by atoms with Gasteiger partial charge in [0.25, 0.3) is 0 Å². The molecule has 0 saturated heterocycles. The molecule has 18 heavy (non-hydrogen) atoms. The number of ether oxygens (including phenoxy) is 1. The van der Waals surface area contributed by atoms with Gasteiger partial charge < -0.3 is 4.74 Å². The van der Waals surface area contributed by atoms with Crippen LogP contribution in [-0.4, -0.2) is 19.7 Å². The van der Waals surface area contributed by atoms with Crippen molar-refractivity contribution in [2.24, 2.45) is 0 Å². The van der Waals surface area contributed by atoms with E-state index in [4.69, 9.17) is 4.74 Å². The fourth-order valence-corrected chi connectivity index (χ4v) is 2.35. The van der Waals surface area contributed by atoms with Gasteiger partial charge in [0.05, 0.1) is 0 Å². The zero-order valence-corrected chi connectivity index (χ0v) is 11.9. The number of rotatable bonds is 3. The van der Waals surface area contributed by atoms with Crippen LogP contribution in [0.25, 0.3) is 0 Å². The van der Waals surface area contributed by atoms with Gasteiger partial charge in [-0.3, -0.25) is 0 Å². The third kappa shape index (κ3) is 3.08. The van der Waals surface area contributed by atoms with Crippen molar-refractivity contribution >= 4 is 25.8 Å². The highest BCUT2D eigenvalue weighted by atomic mass is 79.9. The molecule has 0 aliphatic carbocycles. The van der Waals surface area contributed by atoms with Gasteiger partial charge in [-0.05, 0) is 36.4 Å². The minimum absolute atomic E-state index is 0.0768. The molecule has 0 unspecified atom stereocenters. The number of nitrogens with zero attached hydrogens (tertiary/aromatic N) is 1. The molecule has 0 N–H and O–H groups in total. The quantitative estimate of drug-likeness (QED) is 0.869. The molecule has 0 atom stereocenters. The predicted octanol–water partition coefficient (Wildman–Crippen LogP) is 3.04. The molecule has 0 bridgehead atoms. The van der Waals surface area contributed by atoms with E-state index >= 15 is 0 Å². The number of pyridine rings is 1. The van der Waals surface area contributed by atoms with Crippen LogP contribution in [0, 0.1) is 0 Å². The third-order valence-electron chi connectivity index (χ3n) is 2.16. The van der Waals surface area contributed by atoms with Crippen LogP contribution in [0.1, 0.15) is 0 Å². The number of aromatic nitrogens is 1. The van der Waals surface area contributed by atoms with Crippen LogP contribution >= 0.6 is 15.9 Å². The van der Waals surface area contributed by atoms with Crippen molar-refractivity contribution in [1.29, 1.82) is 0 Å². The van der Waals surface area contributed by atoms with Crippen LogP contribution in [0.5, 0.6) is 11.6 Å². The minimum Gasteiger partial charge on any atom is -0.438 e. The maximum Gasteiger partial charge on any atom is 0.238 e. The lowest BCUT2D eigenvalue weighted by Gasteiger charge is -2.08. The van der Waals surface area contributed by atoms with Crippen molar-refractivity contribution in [3.8, 4) is 11.6 Å². The van der Waals surface area contributed by atoms with Gasteiger partial charge in [-0.2, -0.15) is 0 Å². The molecular formula is C12H10BrNO3S. The van der Waals surface area contributed by atoms with Crippen molar-refractivity contribution in [2.45, 2.75) is 4.90 Å². The first kappa shape index (κ1) is 13.0. The molecule has 0 spiro atoms. The van der Waals surface area contributed by atoms with E-state index in [-0.39, 0.29) is 10.8 Å². The van der Waals surface area contributed by atoms with E-state index in [1.807, 2.05) is 0 Å². The van der Waals surface area contributed by atoms with Crippen molar-refractivity contribution in [2.75, 3.05) is 6.26 Å². The van der Waals surface area contributed by atoms with Crippen molar-refractivity contribution in [3.05, 3.63) is 47.1 Å². The van der Waals surface area contributed by atoms with E-state index in [9.17, 15) is 8.42 Å². The number of sulfone groups is 1. The van der Waals surface area contributed by atoms with Crippen LogP contribution in [-0.2, 0) is 9.84 Å². The Hall–Kier alpha value is -1.40. The summed E-state index contributed by atoms with van der Waals surface area (Å²) in [5.74, 6) is 0.615. The molecule has 0 saturated carbocycles. The average molecular weight is 328 g/mol. The topological polar surface area (TPSA) is 56.3 Å². The third-order valence-corrected chi connectivity index (χ3v) is 3.80. The van der Waals surface area contributed by atoms with Crippen LogP contribution in [0.15, 0.2) is 52.0 Å². The molecule has 2 aromatic rings. The predicted molar refractivity (Wildman–Crippen MR) is 71.6 cm³/mol. The maximum absolute atomic E-state index is 11.6. The lowest BCUT2D eigenvalue weighted by molar-refractivity contribution is 0.447. The monoisotopic (exact) mass is 327 g/mol. The van der Waals surface area contributed by atoms with Gasteiger partial charge >= 0.3 is 0 Å². The van der Waals surface area contributed by atoms with Gasteiger partial charge in [-0.1, -0.05) is 15.9 Å². The molecular weight excluding hydrogens is 318 g/mol. The first-order valence-corrected chi connectivity index (χ1v) is 7.74. The number of benzene rings is 1. The molecule has 1 aromatic carbocycles. The van der Waals surface area contributed by atoms with E-state index in [0.29, 0.717) is 5.75 Å². The molecule has 0 radical (unpaired) electrons. The average Bonchev–Trinajstić information content (AvgIpc) is 2.31. The van der Waals surface area contributed by atoms with Gasteiger partial charge in [0, 0.05) is 16.9 Å². The van der Waals surface area contributed by atoms with Gasteiger partial charge in [0.2, 0.25) is 5.88 Å². The fourth-order valence-electron chi connectivity index (χ4n) is 1.35. The molecule has 0 aliphatic rings. The summed E-state index contributed by atoms with van der Waals surface area (Å²) in [6, 6.07) is 10.1. The molecule has 4 nitrogen and oxygen atoms in total. The van der Waals surface area contributed by atoms with E-state index in [1.165, 1.54) is 12.3 Å². The molecule has 6 heteroatoms. The summed E-state index contributed by atoms with van der Waals surface area (Å²) in [4.78, 5) is 4.03. The van der Waals surface area contributed by atoms with Crippen molar-refractivity contribution in [3.63, 3.8) is 0 Å². The highest BCUT2D eigenvalue weighted by Crippen LogP contribution is 2.26. The standard InChI is InChI=1S/C12H10BrNO3S/c1-18(15,16)11-3-2-8-14-12(11)17-10-6-4-9(13)5-7-10/h2-8H,1H3. The Bertz CT molecular complexity index is 653. The van der Waals surface area contributed by atoms with E-state index in [2.05, 4.69) is 20.9 Å². The Morgan fingerprint density at radius 1 is 1.17 bits per heavy atom. The van der Waals surface area contributed by atoms with E-state index < -0.39 is 9.84 Å². The Morgan fingerprint density at radius 2 is 1.83 bits per heavy atom. The summed E-state index contributed by atoms with van der Waals surface area (Å²) in [6.45, 7) is 0. The zero-order valence-electron chi connectivity index (χ0n) is 9.50. The Balaban J connectivity index is 2.38. The highest BCUT2D eigenvalue weighted by Gasteiger charge is 2.15. The Labute approximate surface area is 114 Å². The summed E-state index contributed by atoms with van der Waals surface area (Å²) < 4.78 is 29.5. The minimum atomic E-state index is -3.36. The highest BCUT2D eigenvalue weighted by molar-refractivity contribution is 9.10. The first-order chi connectivity index (χ1) is 8.47. The second kappa shape index (κ2) is 5.07. The largest absolute Gasteiger partial charge is 0.438 e. The number of halogens is 1. The van der Waals surface area contributed by atoms with Gasteiger partial charge in [0.1, 0.15) is 10.6 Å². The normalized spacial score (nSPS) is 11.2. The lowest BCUT2D eigenvalue weighted by Crippen LogP contribution is -2.01. The van der Waals surface area contributed by atoms with Crippen molar-refractivity contribution < 1.29 is 13.2 Å². The SMILES string of the molecule is CS(=O)(=O)c1cccnc1Oc1ccc(Br)cc1. The summed E-state index contributed by atoms with van der Waals surface area (Å²) >= 11 is 3.31. The lowest BCUT2D eigenvalue weighted by atomic mass is 10.3. The fraction of sp³-hybridized carbons (Fsp3) is 0.0833. The molecule has 0 amide bonds. The number of hydrogen-bond acceptors (Lipinski definition) is 4. The van der Waals surface area contributed by atoms with Crippen molar-refractivity contribution in [1.82, 2.24) is 4.98 Å². The van der Waals surface area contributed by atoms with Gasteiger partial charge in [-0.25, -0.2) is 13.4 Å². The molecule has 1 aromatic heterocycles. The van der Waals surface area contributed by atoms with Crippen LogP contribution in [0.4, 0.5) is 0 Å². The van der Waals surface area contributed by atoms with Gasteiger partial charge in [0.15, 0.2) is 9.84 Å². The van der Waals surface area contributed by atoms with Crippen LogP contribution in [0.2, 0.25) is 0 Å². The molecule has 94 valence electrons. The molecule has 1 heterocycles. The molecule has 0 fully saturated rings. The summed E-state index contributed by atoms with van der Waals surface area (Å²) in [5.41, 5.74) is 0. The van der Waals surface area contributed by atoms with E-state index in [1.54, 1.807) is 30.3 Å². The molecule has 2 rings (SSSR count). The summed E-state index contributed by atoms with van der Waals surface area (Å²) in [6.07, 6.45) is 2.61. The van der Waals surface area contributed by atoms with E-state index in [0.717, 1.165) is 10.7 Å². The Morgan fingerprint density at radius 3 is 2.44 bits per heavy atom. The Kier molecular flexibility index (Phi) is 3.68. The first-order valence-electron chi connectivity index (χ1n) is 5.05. The second-order valence-electron chi connectivity index (χ2n) is 3.63. The van der Waals surface area contributed by atoms with Gasteiger partial charge in [-0.15, -0.1) is 0 Å². The number of hydrogen-bond donors (Lipinski definition) is 0.